The van der Waals surface area contributed by atoms with Crippen LogP contribution in [0.2, 0.25) is 0 Å². The van der Waals surface area contributed by atoms with E-state index >= 15 is 0 Å². The minimum atomic E-state index is -0.799. The summed E-state index contributed by atoms with van der Waals surface area (Å²) in [5.74, 6) is -1.88. The number of rotatable bonds is 5. The monoisotopic (exact) mass is 277 g/mol. The van der Waals surface area contributed by atoms with Crippen molar-refractivity contribution in [2.45, 2.75) is 6.54 Å². The van der Waals surface area contributed by atoms with Crippen molar-refractivity contribution in [2.75, 3.05) is 11.9 Å². The van der Waals surface area contributed by atoms with Gasteiger partial charge in [0.05, 0.1) is 12.2 Å². The van der Waals surface area contributed by atoms with E-state index in [1.54, 1.807) is 12.4 Å². The second kappa shape index (κ2) is 6.72. The summed E-state index contributed by atoms with van der Waals surface area (Å²) in [5.41, 5.74) is 0.947. The van der Waals surface area contributed by atoms with Gasteiger partial charge in [0.25, 0.3) is 0 Å². The summed E-state index contributed by atoms with van der Waals surface area (Å²) in [6.45, 7) is 0.529. The van der Waals surface area contributed by atoms with E-state index in [1.165, 1.54) is 6.07 Å². The first-order valence-electron chi connectivity index (χ1n) is 5.99. The summed E-state index contributed by atoms with van der Waals surface area (Å²) in [6, 6.07) is 6.64. The number of carbonyl (C=O) groups is 1. The second-order valence-electron chi connectivity index (χ2n) is 4.13. The van der Waals surface area contributed by atoms with Crippen LogP contribution in [0.1, 0.15) is 5.56 Å². The largest absolute Gasteiger partial charge is 0.322 e. The smallest absolute Gasteiger partial charge is 0.238 e. The van der Waals surface area contributed by atoms with Crippen molar-refractivity contribution < 1.29 is 13.6 Å². The average molecular weight is 277 g/mol. The highest BCUT2D eigenvalue weighted by Crippen LogP contribution is 2.14. The minimum Gasteiger partial charge on any atom is -0.322 e. The van der Waals surface area contributed by atoms with Crippen LogP contribution in [0.5, 0.6) is 0 Å². The molecule has 1 aromatic carbocycles. The van der Waals surface area contributed by atoms with Crippen molar-refractivity contribution in [3.05, 3.63) is 59.9 Å². The first-order valence-corrected chi connectivity index (χ1v) is 5.99. The molecular formula is C14H13F2N3O. The Kier molecular flexibility index (Phi) is 4.73. The second-order valence-corrected chi connectivity index (χ2v) is 4.13. The molecule has 0 aliphatic heterocycles. The van der Waals surface area contributed by atoms with E-state index in [4.69, 9.17) is 0 Å². The SMILES string of the molecule is O=C(CNCc1ccncc1)Nc1ccc(F)cc1F. The molecule has 20 heavy (non-hydrogen) atoms. The molecule has 1 amide bonds. The van der Waals surface area contributed by atoms with E-state index < -0.39 is 17.5 Å². The first kappa shape index (κ1) is 14.1. The van der Waals surface area contributed by atoms with Gasteiger partial charge in [-0.05, 0) is 29.8 Å². The Balaban J connectivity index is 1.81. The number of nitrogens with one attached hydrogen (secondary N) is 2. The van der Waals surface area contributed by atoms with Gasteiger partial charge in [0, 0.05) is 25.0 Å². The molecule has 6 heteroatoms. The van der Waals surface area contributed by atoms with Gasteiger partial charge < -0.3 is 10.6 Å². The maximum Gasteiger partial charge on any atom is 0.238 e. The standard InChI is InChI=1S/C14H13F2N3O/c15-11-1-2-13(12(16)7-11)19-14(20)9-18-8-10-3-5-17-6-4-10/h1-7,18H,8-9H2,(H,19,20). The molecular weight excluding hydrogens is 264 g/mol. The lowest BCUT2D eigenvalue weighted by Crippen LogP contribution is -2.28. The predicted octanol–water partition coefficient (Wildman–Crippen LogP) is 2.09. The zero-order valence-corrected chi connectivity index (χ0v) is 10.6. The summed E-state index contributed by atoms with van der Waals surface area (Å²) in [5, 5.41) is 5.28. The van der Waals surface area contributed by atoms with Crippen molar-refractivity contribution in [1.82, 2.24) is 10.3 Å². The van der Waals surface area contributed by atoms with Crippen LogP contribution in [0.3, 0.4) is 0 Å². The zero-order chi connectivity index (χ0) is 14.4. The van der Waals surface area contributed by atoms with E-state index in [2.05, 4.69) is 15.6 Å². The van der Waals surface area contributed by atoms with Crippen molar-refractivity contribution in [3.8, 4) is 0 Å². The lowest BCUT2D eigenvalue weighted by molar-refractivity contribution is -0.115. The summed E-state index contributed by atoms with van der Waals surface area (Å²) < 4.78 is 26.0. The number of pyridine rings is 1. The Labute approximate surface area is 114 Å². The predicted molar refractivity (Wildman–Crippen MR) is 70.9 cm³/mol. The topological polar surface area (TPSA) is 54.0 Å². The lowest BCUT2D eigenvalue weighted by Gasteiger charge is -2.07. The van der Waals surface area contributed by atoms with Gasteiger partial charge in [0.1, 0.15) is 11.6 Å². The number of aromatic nitrogens is 1. The summed E-state index contributed by atoms with van der Waals surface area (Å²) in [6.07, 6.45) is 3.32. The van der Waals surface area contributed by atoms with E-state index in [1.807, 2.05) is 12.1 Å². The molecule has 2 N–H and O–H groups in total. The van der Waals surface area contributed by atoms with Crippen LogP contribution in [-0.4, -0.2) is 17.4 Å². The average Bonchev–Trinajstić information content (AvgIpc) is 2.43. The number of benzene rings is 1. The van der Waals surface area contributed by atoms with Crippen molar-refractivity contribution in [3.63, 3.8) is 0 Å². The first-order chi connectivity index (χ1) is 9.65. The Morgan fingerprint density at radius 2 is 1.90 bits per heavy atom. The van der Waals surface area contributed by atoms with E-state index in [9.17, 15) is 13.6 Å². The third-order valence-corrected chi connectivity index (χ3v) is 2.57. The Morgan fingerprint density at radius 3 is 2.60 bits per heavy atom. The quantitative estimate of drug-likeness (QED) is 0.880. The minimum absolute atomic E-state index is 0.0269. The van der Waals surface area contributed by atoms with Gasteiger partial charge in [-0.3, -0.25) is 9.78 Å². The van der Waals surface area contributed by atoms with E-state index in [-0.39, 0.29) is 12.2 Å². The molecule has 0 unspecified atom stereocenters. The van der Waals surface area contributed by atoms with Crippen LogP contribution in [0, 0.1) is 11.6 Å². The van der Waals surface area contributed by atoms with Crippen LogP contribution >= 0.6 is 0 Å². The molecule has 1 aromatic heterocycles. The van der Waals surface area contributed by atoms with Gasteiger partial charge in [-0.1, -0.05) is 0 Å². The van der Waals surface area contributed by atoms with Crippen molar-refractivity contribution >= 4 is 11.6 Å². The van der Waals surface area contributed by atoms with Crippen LogP contribution in [0.25, 0.3) is 0 Å². The summed E-state index contributed by atoms with van der Waals surface area (Å²) >= 11 is 0. The fraction of sp³-hybridized carbons (Fsp3) is 0.143. The van der Waals surface area contributed by atoms with Gasteiger partial charge in [-0.25, -0.2) is 8.78 Å². The maximum absolute atomic E-state index is 13.3. The number of anilines is 1. The molecule has 1 heterocycles. The number of nitrogens with zero attached hydrogens (tertiary/aromatic N) is 1. The number of amides is 1. The summed E-state index contributed by atoms with van der Waals surface area (Å²) in [4.78, 5) is 15.5. The Hall–Kier alpha value is -2.34. The molecule has 0 saturated heterocycles. The summed E-state index contributed by atoms with van der Waals surface area (Å²) in [7, 11) is 0. The molecule has 4 nitrogen and oxygen atoms in total. The highest BCUT2D eigenvalue weighted by Gasteiger charge is 2.07. The number of carbonyl (C=O) groups excluding carboxylic acids is 1. The number of halogens is 2. The molecule has 0 atom stereocenters. The van der Waals surface area contributed by atoms with Gasteiger partial charge in [0.15, 0.2) is 0 Å². The van der Waals surface area contributed by atoms with Gasteiger partial charge in [-0.2, -0.15) is 0 Å². The molecule has 0 radical (unpaired) electrons. The molecule has 0 fully saturated rings. The molecule has 0 spiro atoms. The number of hydrogen-bond acceptors (Lipinski definition) is 3. The van der Waals surface area contributed by atoms with Gasteiger partial charge in [0.2, 0.25) is 5.91 Å². The molecule has 0 bridgehead atoms. The van der Waals surface area contributed by atoms with Gasteiger partial charge in [-0.15, -0.1) is 0 Å². The Morgan fingerprint density at radius 1 is 1.15 bits per heavy atom. The normalized spacial score (nSPS) is 10.3. The molecule has 104 valence electrons. The van der Waals surface area contributed by atoms with Gasteiger partial charge >= 0.3 is 0 Å². The zero-order valence-electron chi connectivity index (χ0n) is 10.6. The molecule has 2 aromatic rings. The van der Waals surface area contributed by atoms with Crippen LogP contribution < -0.4 is 10.6 Å². The van der Waals surface area contributed by atoms with Crippen LogP contribution in [0.15, 0.2) is 42.7 Å². The van der Waals surface area contributed by atoms with Crippen molar-refractivity contribution in [2.24, 2.45) is 0 Å². The lowest BCUT2D eigenvalue weighted by atomic mass is 10.2. The maximum atomic E-state index is 13.3. The van der Waals surface area contributed by atoms with Crippen LogP contribution in [0.4, 0.5) is 14.5 Å². The third kappa shape index (κ3) is 4.10. The fourth-order valence-electron chi connectivity index (χ4n) is 1.61. The molecule has 0 saturated carbocycles. The molecule has 0 aliphatic rings. The fourth-order valence-corrected chi connectivity index (χ4v) is 1.61. The van der Waals surface area contributed by atoms with E-state index in [0.29, 0.717) is 6.54 Å². The van der Waals surface area contributed by atoms with Crippen molar-refractivity contribution in [1.29, 1.82) is 0 Å². The molecule has 0 aliphatic carbocycles. The third-order valence-electron chi connectivity index (χ3n) is 2.57. The Bertz CT molecular complexity index is 590. The van der Waals surface area contributed by atoms with E-state index in [0.717, 1.165) is 17.7 Å². The highest BCUT2D eigenvalue weighted by atomic mass is 19.1. The van der Waals surface area contributed by atoms with Crippen LogP contribution in [-0.2, 0) is 11.3 Å². The highest BCUT2D eigenvalue weighted by molar-refractivity contribution is 5.92. The molecule has 2 rings (SSSR count). The number of hydrogen-bond donors (Lipinski definition) is 2.